The molecule has 0 unspecified atom stereocenters. The van der Waals surface area contributed by atoms with Gasteiger partial charge in [0.1, 0.15) is 0 Å². The largest absolute Gasteiger partial charge is 0.454 e. The van der Waals surface area contributed by atoms with Crippen LogP contribution in [0, 0.1) is 0 Å². The van der Waals surface area contributed by atoms with Crippen LogP contribution in [0.4, 0.5) is 0 Å². The zero-order valence-electron chi connectivity index (χ0n) is 15.3. The van der Waals surface area contributed by atoms with E-state index >= 15 is 0 Å². The number of carbonyl (C=O) groups is 2. The first kappa shape index (κ1) is 19.5. The molecule has 0 aromatic heterocycles. The zero-order chi connectivity index (χ0) is 19.2. The molecule has 146 valence electrons. The molecule has 3 rings (SSSR count). The fourth-order valence-electron chi connectivity index (χ4n) is 3.26. The second-order valence-electron chi connectivity index (χ2n) is 6.85. The second-order valence-corrected chi connectivity index (χ2v) is 7.25. The quantitative estimate of drug-likeness (QED) is 0.467. The number of hydrogen-bond donors (Lipinski definition) is 1. The number of ether oxygens (including phenoxy) is 3. The lowest BCUT2D eigenvalue weighted by Gasteiger charge is -2.19. The van der Waals surface area contributed by atoms with Gasteiger partial charge in [-0.25, -0.2) is 4.79 Å². The van der Waals surface area contributed by atoms with Crippen LogP contribution in [0.3, 0.4) is 0 Å². The van der Waals surface area contributed by atoms with Crippen molar-refractivity contribution in [2.75, 3.05) is 6.79 Å². The molecule has 27 heavy (non-hydrogen) atoms. The molecule has 0 spiro atoms. The fourth-order valence-corrected chi connectivity index (χ4v) is 3.53. The molecule has 0 saturated heterocycles. The average Bonchev–Trinajstić information content (AvgIpc) is 2.97. The predicted octanol–water partition coefficient (Wildman–Crippen LogP) is 3.85. The summed E-state index contributed by atoms with van der Waals surface area (Å²) in [7, 11) is 0. The Morgan fingerprint density at radius 2 is 1.96 bits per heavy atom. The fraction of sp³-hybridized carbons (Fsp3) is 0.500. The Morgan fingerprint density at radius 1 is 1.22 bits per heavy atom. The summed E-state index contributed by atoms with van der Waals surface area (Å²) >= 11 is 6.11. The van der Waals surface area contributed by atoms with Gasteiger partial charge in [-0.05, 0) is 43.5 Å². The molecule has 0 radical (unpaired) electrons. The van der Waals surface area contributed by atoms with E-state index in [2.05, 4.69) is 5.32 Å². The van der Waals surface area contributed by atoms with Crippen molar-refractivity contribution in [1.29, 1.82) is 0 Å². The van der Waals surface area contributed by atoms with E-state index in [0.29, 0.717) is 22.1 Å². The summed E-state index contributed by atoms with van der Waals surface area (Å²) < 4.78 is 15.7. The van der Waals surface area contributed by atoms with Crippen LogP contribution in [0.25, 0.3) is 6.08 Å². The third-order valence-electron chi connectivity index (χ3n) is 4.73. The van der Waals surface area contributed by atoms with Crippen molar-refractivity contribution in [2.45, 2.75) is 57.6 Å². The van der Waals surface area contributed by atoms with Gasteiger partial charge in [0.15, 0.2) is 17.6 Å². The number of amides is 1. The first-order valence-corrected chi connectivity index (χ1v) is 9.69. The molecule has 1 aromatic carbocycles. The molecule has 0 bridgehead atoms. The Hall–Kier alpha value is -2.21. The maximum Gasteiger partial charge on any atom is 0.331 e. The van der Waals surface area contributed by atoms with Crippen LogP contribution in [-0.4, -0.2) is 30.8 Å². The van der Waals surface area contributed by atoms with E-state index in [1.807, 2.05) is 0 Å². The van der Waals surface area contributed by atoms with Gasteiger partial charge in [-0.2, -0.15) is 0 Å². The summed E-state index contributed by atoms with van der Waals surface area (Å²) in [6.07, 6.45) is 8.63. The van der Waals surface area contributed by atoms with E-state index in [4.69, 9.17) is 25.8 Å². The van der Waals surface area contributed by atoms with E-state index in [1.165, 1.54) is 18.9 Å². The number of hydrogen-bond acceptors (Lipinski definition) is 5. The number of benzene rings is 1. The first-order valence-electron chi connectivity index (χ1n) is 9.31. The Morgan fingerprint density at radius 3 is 2.70 bits per heavy atom. The number of esters is 1. The predicted molar refractivity (Wildman–Crippen MR) is 102 cm³/mol. The smallest absolute Gasteiger partial charge is 0.331 e. The number of halogens is 1. The average molecular weight is 394 g/mol. The van der Waals surface area contributed by atoms with E-state index in [1.54, 1.807) is 25.1 Å². The SMILES string of the molecule is C[C@@H](OC(=O)/C=C/c1cc(Cl)c2c(c1)OCO2)C(=O)NC1CCCCCC1. The van der Waals surface area contributed by atoms with E-state index < -0.39 is 12.1 Å². The molecule has 1 aromatic rings. The molecule has 7 heteroatoms. The van der Waals surface area contributed by atoms with Crippen LogP contribution in [0.5, 0.6) is 11.5 Å². The molecule has 1 N–H and O–H groups in total. The van der Waals surface area contributed by atoms with Crippen molar-refractivity contribution < 1.29 is 23.8 Å². The minimum Gasteiger partial charge on any atom is -0.454 e. The molecular weight excluding hydrogens is 370 g/mol. The second kappa shape index (κ2) is 9.13. The van der Waals surface area contributed by atoms with Gasteiger partial charge >= 0.3 is 5.97 Å². The maximum atomic E-state index is 12.2. The number of fused-ring (bicyclic) bond motifs is 1. The van der Waals surface area contributed by atoms with Gasteiger partial charge in [0.25, 0.3) is 5.91 Å². The van der Waals surface area contributed by atoms with Crippen LogP contribution in [-0.2, 0) is 14.3 Å². The van der Waals surface area contributed by atoms with Crippen molar-refractivity contribution in [3.05, 3.63) is 28.8 Å². The van der Waals surface area contributed by atoms with Crippen LogP contribution >= 0.6 is 11.6 Å². The lowest BCUT2D eigenvalue weighted by Crippen LogP contribution is -2.41. The molecule has 1 aliphatic carbocycles. The number of rotatable bonds is 5. The van der Waals surface area contributed by atoms with Gasteiger partial charge in [0.05, 0.1) is 5.02 Å². The summed E-state index contributed by atoms with van der Waals surface area (Å²) in [5, 5.41) is 3.40. The van der Waals surface area contributed by atoms with Crippen molar-refractivity contribution in [1.82, 2.24) is 5.32 Å². The first-order chi connectivity index (χ1) is 13.0. The number of nitrogens with one attached hydrogen (secondary N) is 1. The lowest BCUT2D eigenvalue weighted by molar-refractivity contribution is -0.150. The summed E-state index contributed by atoms with van der Waals surface area (Å²) in [5.74, 6) is 0.189. The van der Waals surface area contributed by atoms with E-state index in [9.17, 15) is 9.59 Å². The molecule has 1 amide bonds. The Labute approximate surface area is 163 Å². The van der Waals surface area contributed by atoms with E-state index in [-0.39, 0.29) is 18.7 Å². The number of carbonyl (C=O) groups excluding carboxylic acids is 2. The van der Waals surface area contributed by atoms with Gasteiger partial charge in [0, 0.05) is 12.1 Å². The van der Waals surface area contributed by atoms with Crippen molar-refractivity contribution in [2.24, 2.45) is 0 Å². The van der Waals surface area contributed by atoms with Gasteiger partial charge < -0.3 is 19.5 Å². The Bertz CT molecular complexity index is 725. The van der Waals surface area contributed by atoms with Crippen LogP contribution < -0.4 is 14.8 Å². The van der Waals surface area contributed by atoms with Crippen LogP contribution in [0.1, 0.15) is 51.0 Å². The van der Waals surface area contributed by atoms with Gasteiger partial charge in [-0.15, -0.1) is 0 Å². The maximum absolute atomic E-state index is 12.2. The minimum atomic E-state index is -0.842. The normalized spacial score (nSPS) is 18.1. The van der Waals surface area contributed by atoms with Gasteiger partial charge in [-0.3, -0.25) is 4.79 Å². The van der Waals surface area contributed by atoms with Crippen LogP contribution in [0.15, 0.2) is 18.2 Å². The summed E-state index contributed by atoms with van der Waals surface area (Å²) in [4.78, 5) is 24.3. The van der Waals surface area contributed by atoms with Gasteiger partial charge in [-0.1, -0.05) is 37.3 Å². The lowest BCUT2D eigenvalue weighted by atomic mass is 10.1. The molecule has 1 heterocycles. The summed E-state index contributed by atoms with van der Waals surface area (Å²) in [5.41, 5.74) is 0.678. The van der Waals surface area contributed by atoms with Gasteiger partial charge in [0.2, 0.25) is 6.79 Å². The monoisotopic (exact) mass is 393 g/mol. The minimum absolute atomic E-state index is 0.123. The highest BCUT2D eigenvalue weighted by molar-refractivity contribution is 6.32. The third kappa shape index (κ3) is 5.39. The Balaban J connectivity index is 1.51. The third-order valence-corrected chi connectivity index (χ3v) is 5.01. The molecule has 1 atom stereocenters. The highest BCUT2D eigenvalue weighted by Gasteiger charge is 2.21. The molecule has 1 aliphatic heterocycles. The molecule has 1 saturated carbocycles. The van der Waals surface area contributed by atoms with Crippen molar-refractivity contribution in [3.8, 4) is 11.5 Å². The molecule has 2 aliphatic rings. The Kier molecular flexibility index (Phi) is 6.61. The standard InChI is InChI=1S/C20H24ClNO5/c1-13(20(24)22-15-6-4-2-3-5-7-15)27-18(23)9-8-14-10-16(21)19-17(11-14)25-12-26-19/h8-11,13,15H,2-7,12H2,1H3,(H,22,24)/b9-8+/t13-/m1/s1. The highest BCUT2D eigenvalue weighted by Crippen LogP contribution is 2.40. The van der Waals surface area contributed by atoms with E-state index in [0.717, 1.165) is 25.7 Å². The topological polar surface area (TPSA) is 73.9 Å². The zero-order valence-corrected chi connectivity index (χ0v) is 16.1. The van der Waals surface area contributed by atoms with Crippen molar-refractivity contribution >= 4 is 29.6 Å². The van der Waals surface area contributed by atoms with Crippen LogP contribution in [0.2, 0.25) is 5.02 Å². The highest BCUT2D eigenvalue weighted by atomic mass is 35.5. The molecule has 6 nitrogen and oxygen atoms in total. The van der Waals surface area contributed by atoms with Crippen molar-refractivity contribution in [3.63, 3.8) is 0 Å². The molecular formula is C20H24ClNO5. The molecule has 1 fully saturated rings. The summed E-state index contributed by atoms with van der Waals surface area (Å²) in [6, 6.07) is 3.56. The summed E-state index contributed by atoms with van der Waals surface area (Å²) in [6.45, 7) is 1.70.